The number of aliphatic imine (C=N–C) groups is 1. The minimum atomic E-state index is 0.0482. The van der Waals surface area contributed by atoms with Gasteiger partial charge in [0.15, 0.2) is 5.96 Å². The summed E-state index contributed by atoms with van der Waals surface area (Å²) < 4.78 is 13.7. The monoisotopic (exact) mass is 363 g/mol. The van der Waals surface area contributed by atoms with Crippen LogP contribution in [0.2, 0.25) is 0 Å². The molecule has 1 aromatic heterocycles. The molecule has 0 bridgehead atoms. The lowest BCUT2D eigenvalue weighted by Gasteiger charge is -2.34. The van der Waals surface area contributed by atoms with Crippen molar-refractivity contribution in [2.24, 2.45) is 12.0 Å². The summed E-state index contributed by atoms with van der Waals surface area (Å²) in [6, 6.07) is 0. The van der Waals surface area contributed by atoms with Crippen molar-refractivity contribution in [2.45, 2.75) is 51.2 Å². The van der Waals surface area contributed by atoms with Gasteiger partial charge in [-0.15, -0.1) is 0 Å². The van der Waals surface area contributed by atoms with Crippen LogP contribution in [0.25, 0.3) is 0 Å². The molecule has 0 radical (unpaired) electrons. The van der Waals surface area contributed by atoms with Gasteiger partial charge in [-0.25, -0.2) is 0 Å². The Hall–Kier alpha value is -1.60. The lowest BCUT2D eigenvalue weighted by atomic mass is 10.1. The summed E-state index contributed by atoms with van der Waals surface area (Å²) in [7, 11) is 1.93. The molecule has 1 unspecified atom stereocenters. The molecule has 7 heteroatoms. The number of morpholine rings is 1. The molecule has 1 aliphatic carbocycles. The van der Waals surface area contributed by atoms with E-state index in [4.69, 9.17) is 14.5 Å². The normalized spacial score (nSPS) is 22.2. The smallest absolute Gasteiger partial charge is 0.194 e. The van der Waals surface area contributed by atoms with E-state index in [0.717, 1.165) is 50.7 Å². The van der Waals surface area contributed by atoms with Crippen LogP contribution < -0.4 is 5.32 Å². The average molecular weight is 364 g/mol. The van der Waals surface area contributed by atoms with Crippen LogP contribution in [-0.4, -0.2) is 66.1 Å². The second-order valence-corrected chi connectivity index (χ2v) is 7.12. The predicted octanol–water partition coefficient (Wildman–Crippen LogP) is 2.11. The van der Waals surface area contributed by atoms with E-state index in [2.05, 4.69) is 22.2 Å². The first-order valence-corrected chi connectivity index (χ1v) is 10.0. The van der Waals surface area contributed by atoms with E-state index in [1.165, 1.54) is 25.7 Å². The van der Waals surface area contributed by atoms with Gasteiger partial charge in [0.1, 0.15) is 6.10 Å². The van der Waals surface area contributed by atoms with E-state index >= 15 is 0 Å². The van der Waals surface area contributed by atoms with Crippen molar-refractivity contribution in [3.63, 3.8) is 0 Å². The lowest BCUT2D eigenvalue weighted by molar-refractivity contribution is -0.00807. The summed E-state index contributed by atoms with van der Waals surface area (Å²) in [4.78, 5) is 7.10. The quantitative estimate of drug-likeness (QED) is 0.457. The Morgan fingerprint density at radius 1 is 1.42 bits per heavy atom. The highest BCUT2D eigenvalue weighted by molar-refractivity contribution is 5.80. The van der Waals surface area contributed by atoms with Gasteiger partial charge in [-0.3, -0.25) is 9.67 Å². The van der Waals surface area contributed by atoms with Crippen LogP contribution in [0.4, 0.5) is 0 Å². The zero-order valence-corrected chi connectivity index (χ0v) is 16.2. The van der Waals surface area contributed by atoms with E-state index in [-0.39, 0.29) is 6.10 Å². The molecule has 1 saturated carbocycles. The first-order valence-electron chi connectivity index (χ1n) is 10.0. The fourth-order valence-corrected chi connectivity index (χ4v) is 3.63. The second-order valence-electron chi connectivity index (χ2n) is 7.12. The highest BCUT2D eigenvalue weighted by Crippen LogP contribution is 2.22. The summed E-state index contributed by atoms with van der Waals surface area (Å²) in [6.45, 7) is 6.95. The molecule has 0 aromatic carbocycles. The Balaban J connectivity index is 1.48. The summed E-state index contributed by atoms with van der Waals surface area (Å²) in [5, 5.41) is 7.68. The molecular formula is C19H33N5O2. The van der Waals surface area contributed by atoms with Crippen molar-refractivity contribution >= 4 is 5.96 Å². The molecule has 2 aliphatic rings. The third kappa shape index (κ3) is 5.45. The van der Waals surface area contributed by atoms with E-state index in [1.54, 1.807) is 0 Å². The molecule has 7 nitrogen and oxygen atoms in total. The van der Waals surface area contributed by atoms with Crippen LogP contribution in [0, 0.1) is 0 Å². The Bertz CT molecular complexity index is 568. The van der Waals surface area contributed by atoms with Gasteiger partial charge in [0.25, 0.3) is 0 Å². The van der Waals surface area contributed by atoms with Crippen molar-refractivity contribution in [1.82, 2.24) is 20.0 Å². The predicted molar refractivity (Wildman–Crippen MR) is 102 cm³/mol. The number of aromatic nitrogens is 2. The molecular weight excluding hydrogens is 330 g/mol. The van der Waals surface area contributed by atoms with Gasteiger partial charge in [0, 0.05) is 45.0 Å². The second kappa shape index (κ2) is 9.92. The molecule has 2 fully saturated rings. The molecule has 1 N–H and O–H groups in total. The number of hydrogen-bond acceptors (Lipinski definition) is 4. The van der Waals surface area contributed by atoms with Crippen LogP contribution in [-0.2, 0) is 16.5 Å². The summed E-state index contributed by atoms with van der Waals surface area (Å²) in [6.07, 6.45) is 10.5. The highest BCUT2D eigenvalue weighted by Gasteiger charge is 2.25. The van der Waals surface area contributed by atoms with Crippen LogP contribution in [0.1, 0.15) is 50.7 Å². The maximum absolute atomic E-state index is 5.94. The molecule has 1 aromatic rings. The van der Waals surface area contributed by atoms with Crippen LogP contribution in [0.5, 0.6) is 0 Å². The summed E-state index contributed by atoms with van der Waals surface area (Å²) in [5.74, 6) is 0.977. The molecule has 0 amide bonds. The fraction of sp³-hybridized carbons (Fsp3) is 0.789. The van der Waals surface area contributed by atoms with Crippen molar-refractivity contribution < 1.29 is 9.47 Å². The SMILES string of the molecule is CCNC(=NCCCOC1CCCC1)N1CCOC(c2cnn(C)c2)C1. The average Bonchev–Trinajstić information content (AvgIpc) is 3.32. The van der Waals surface area contributed by atoms with Gasteiger partial charge in [0.05, 0.1) is 25.5 Å². The number of hydrogen-bond donors (Lipinski definition) is 1. The van der Waals surface area contributed by atoms with Gasteiger partial charge < -0.3 is 19.7 Å². The number of ether oxygens (including phenoxy) is 2. The maximum atomic E-state index is 5.94. The number of nitrogens with one attached hydrogen (secondary N) is 1. The molecule has 146 valence electrons. The van der Waals surface area contributed by atoms with Gasteiger partial charge >= 0.3 is 0 Å². The number of guanidine groups is 1. The largest absolute Gasteiger partial charge is 0.378 e. The molecule has 1 saturated heterocycles. The molecule has 2 heterocycles. The molecule has 3 rings (SSSR count). The van der Waals surface area contributed by atoms with E-state index in [1.807, 2.05) is 24.1 Å². The van der Waals surface area contributed by atoms with Crippen molar-refractivity contribution in [3.8, 4) is 0 Å². The summed E-state index contributed by atoms with van der Waals surface area (Å²) in [5.41, 5.74) is 1.12. The first kappa shape index (κ1) is 19.2. The minimum absolute atomic E-state index is 0.0482. The van der Waals surface area contributed by atoms with Gasteiger partial charge in [-0.05, 0) is 26.2 Å². The minimum Gasteiger partial charge on any atom is -0.378 e. The lowest BCUT2D eigenvalue weighted by Crippen LogP contribution is -2.48. The van der Waals surface area contributed by atoms with Crippen LogP contribution in [0.3, 0.4) is 0 Å². The van der Waals surface area contributed by atoms with E-state index in [9.17, 15) is 0 Å². The van der Waals surface area contributed by atoms with E-state index in [0.29, 0.717) is 12.7 Å². The van der Waals surface area contributed by atoms with Crippen LogP contribution >= 0.6 is 0 Å². The zero-order chi connectivity index (χ0) is 18.2. The standard InChI is InChI=1S/C19H33N5O2/c1-3-20-19(21-9-6-11-25-17-7-4-5-8-17)24-10-12-26-18(15-24)16-13-22-23(2)14-16/h13-14,17-18H,3-12,15H2,1-2H3,(H,20,21). The highest BCUT2D eigenvalue weighted by atomic mass is 16.5. The van der Waals surface area contributed by atoms with Crippen molar-refractivity contribution in [2.75, 3.05) is 39.4 Å². The Morgan fingerprint density at radius 2 is 2.27 bits per heavy atom. The molecule has 0 spiro atoms. The van der Waals surface area contributed by atoms with Crippen LogP contribution in [0.15, 0.2) is 17.4 Å². The Labute approximate surface area is 156 Å². The Morgan fingerprint density at radius 3 is 3.00 bits per heavy atom. The molecule has 1 aliphatic heterocycles. The first-order chi connectivity index (χ1) is 12.8. The van der Waals surface area contributed by atoms with E-state index < -0.39 is 0 Å². The number of rotatable bonds is 7. The topological polar surface area (TPSA) is 63.9 Å². The third-order valence-corrected chi connectivity index (χ3v) is 5.02. The molecule has 1 atom stereocenters. The zero-order valence-electron chi connectivity index (χ0n) is 16.2. The number of nitrogens with zero attached hydrogens (tertiary/aromatic N) is 4. The van der Waals surface area contributed by atoms with Gasteiger partial charge in [-0.1, -0.05) is 12.8 Å². The maximum Gasteiger partial charge on any atom is 0.194 e. The van der Waals surface area contributed by atoms with Crippen molar-refractivity contribution in [3.05, 3.63) is 18.0 Å². The number of aryl methyl sites for hydroxylation is 1. The van der Waals surface area contributed by atoms with Gasteiger partial charge in [-0.2, -0.15) is 5.10 Å². The third-order valence-electron chi connectivity index (χ3n) is 5.02. The molecule has 26 heavy (non-hydrogen) atoms. The fourth-order valence-electron chi connectivity index (χ4n) is 3.63. The summed E-state index contributed by atoms with van der Waals surface area (Å²) >= 11 is 0. The Kier molecular flexibility index (Phi) is 7.32. The van der Waals surface area contributed by atoms with Crippen molar-refractivity contribution in [1.29, 1.82) is 0 Å². The van der Waals surface area contributed by atoms with Gasteiger partial charge in [0.2, 0.25) is 0 Å².